The molecule has 34 heavy (non-hydrogen) atoms. The molecule has 2 aromatic carbocycles. The summed E-state index contributed by atoms with van der Waals surface area (Å²) in [5.74, 6) is -2.87. The first kappa shape index (κ1) is 26.1. The van der Waals surface area contributed by atoms with Crippen LogP contribution in [0.3, 0.4) is 0 Å². The van der Waals surface area contributed by atoms with Crippen molar-refractivity contribution in [2.24, 2.45) is 0 Å². The second kappa shape index (κ2) is 8.91. The summed E-state index contributed by atoms with van der Waals surface area (Å²) >= 11 is 23.1. The van der Waals surface area contributed by atoms with Gasteiger partial charge in [0.1, 0.15) is 0 Å². The number of halogens is 10. The van der Waals surface area contributed by atoms with E-state index in [1.54, 1.807) is 0 Å². The van der Waals surface area contributed by atoms with Gasteiger partial charge in [0.05, 0.1) is 47.5 Å². The van der Waals surface area contributed by atoms with Crippen LogP contribution in [0.4, 0.5) is 26.3 Å². The quantitative estimate of drug-likeness (QED) is 0.206. The van der Waals surface area contributed by atoms with Crippen LogP contribution in [0.1, 0.15) is 43.2 Å². The monoisotopic (exact) mass is 566 g/mol. The molecule has 3 aromatic rings. The van der Waals surface area contributed by atoms with E-state index in [9.17, 15) is 41.1 Å². The molecule has 1 heterocycles. The highest BCUT2D eigenvalue weighted by atomic mass is 35.5. The molecule has 0 bridgehead atoms. The molecule has 0 aliphatic heterocycles. The SMILES string of the molecule is O=C(c1no[n+]([O-])c1C(=O)c1c(Cl)cc(C(F)(F)F)cc1Cl)c1c(Cl)cc(C(F)(F)F)cc1Cl. The van der Waals surface area contributed by atoms with Gasteiger partial charge < -0.3 is 5.21 Å². The van der Waals surface area contributed by atoms with Gasteiger partial charge in [-0.1, -0.05) is 46.4 Å². The minimum atomic E-state index is -4.87. The molecule has 0 aliphatic rings. The normalized spacial score (nSPS) is 12.2. The van der Waals surface area contributed by atoms with Crippen LogP contribution in [0.5, 0.6) is 0 Å². The number of benzene rings is 2. The molecule has 0 saturated heterocycles. The smallest absolute Gasteiger partial charge is 0.359 e. The molecule has 0 atom stereocenters. The molecule has 1 aromatic heterocycles. The van der Waals surface area contributed by atoms with Crippen molar-refractivity contribution >= 4 is 58.0 Å². The van der Waals surface area contributed by atoms with Crippen molar-refractivity contribution in [3.8, 4) is 0 Å². The Hall–Kier alpha value is -2.54. The molecule has 0 amide bonds. The number of hydrogen-bond acceptors (Lipinski definition) is 5. The zero-order valence-electron chi connectivity index (χ0n) is 15.6. The molecular weight excluding hydrogens is 564 g/mol. The highest BCUT2D eigenvalue weighted by molar-refractivity contribution is 6.43. The van der Waals surface area contributed by atoms with E-state index in [0.29, 0.717) is 24.3 Å². The Balaban J connectivity index is 2.13. The third kappa shape index (κ3) is 4.81. The van der Waals surface area contributed by atoms with Gasteiger partial charge in [0.2, 0.25) is 11.6 Å². The first-order chi connectivity index (χ1) is 15.5. The first-order valence-corrected chi connectivity index (χ1v) is 9.86. The average Bonchev–Trinajstić information content (AvgIpc) is 3.06. The summed E-state index contributed by atoms with van der Waals surface area (Å²) in [5, 5.41) is 11.9. The van der Waals surface area contributed by atoms with Crippen LogP contribution in [0.25, 0.3) is 0 Å². The molecule has 0 unspecified atom stereocenters. The molecule has 3 rings (SSSR count). The summed E-state index contributed by atoms with van der Waals surface area (Å²) in [6.07, 6.45) is -9.74. The van der Waals surface area contributed by atoms with Crippen molar-refractivity contribution in [2.75, 3.05) is 0 Å². The van der Waals surface area contributed by atoms with Crippen LogP contribution < -0.4 is 4.90 Å². The zero-order valence-corrected chi connectivity index (χ0v) is 18.6. The molecule has 0 aliphatic carbocycles. The summed E-state index contributed by atoms with van der Waals surface area (Å²) in [5.41, 5.74) is -6.40. The first-order valence-electron chi connectivity index (χ1n) is 8.35. The van der Waals surface area contributed by atoms with Crippen molar-refractivity contribution in [1.82, 2.24) is 5.16 Å². The van der Waals surface area contributed by atoms with Crippen molar-refractivity contribution in [2.45, 2.75) is 12.4 Å². The van der Waals surface area contributed by atoms with Gasteiger partial charge in [0.25, 0.3) is 11.4 Å². The predicted octanol–water partition coefficient (Wildman–Crippen LogP) is 6.42. The van der Waals surface area contributed by atoms with Crippen molar-refractivity contribution in [3.63, 3.8) is 0 Å². The molecule has 16 heteroatoms. The fourth-order valence-electron chi connectivity index (χ4n) is 2.73. The number of aromatic nitrogens is 2. The second-order valence-corrected chi connectivity index (χ2v) is 8.04. The van der Waals surface area contributed by atoms with Crippen LogP contribution in [-0.4, -0.2) is 16.7 Å². The number of rotatable bonds is 4. The zero-order chi connectivity index (χ0) is 25.7. The lowest BCUT2D eigenvalue weighted by atomic mass is 10.00. The van der Waals surface area contributed by atoms with Gasteiger partial charge in [0.15, 0.2) is 0 Å². The number of nitrogens with zero attached hydrogens (tertiary/aromatic N) is 2. The summed E-state index contributed by atoms with van der Waals surface area (Å²) in [4.78, 5) is 25.2. The lowest BCUT2D eigenvalue weighted by Gasteiger charge is -2.11. The van der Waals surface area contributed by atoms with E-state index in [4.69, 9.17) is 46.4 Å². The highest BCUT2D eigenvalue weighted by Gasteiger charge is 2.39. The molecule has 180 valence electrons. The lowest BCUT2D eigenvalue weighted by Crippen LogP contribution is -2.33. The van der Waals surface area contributed by atoms with Crippen LogP contribution in [-0.2, 0) is 12.4 Å². The van der Waals surface area contributed by atoms with Crippen molar-refractivity contribution in [1.29, 1.82) is 0 Å². The van der Waals surface area contributed by atoms with Crippen LogP contribution in [0.15, 0.2) is 28.9 Å². The Morgan fingerprint density at radius 1 is 0.765 bits per heavy atom. The Bertz CT molecular complexity index is 1290. The van der Waals surface area contributed by atoms with E-state index in [2.05, 4.69) is 9.79 Å². The summed E-state index contributed by atoms with van der Waals surface area (Å²) in [6, 6.07) is 1.46. The minimum Gasteiger partial charge on any atom is -0.359 e. The lowest BCUT2D eigenvalue weighted by molar-refractivity contribution is -0.803. The van der Waals surface area contributed by atoms with E-state index in [1.165, 1.54) is 0 Å². The average molecular weight is 568 g/mol. The Morgan fingerprint density at radius 3 is 1.47 bits per heavy atom. The maximum atomic E-state index is 12.9. The van der Waals surface area contributed by atoms with Gasteiger partial charge in [-0.15, -0.1) is 0 Å². The number of carbonyl (C=O) groups is 2. The van der Waals surface area contributed by atoms with Gasteiger partial charge in [-0.2, -0.15) is 26.3 Å². The van der Waals surface area contributed by atoms with E-state index in [-0.39, 0.29) is 0 Å². The van der Waals surface area contributed by atoms with E-state index < -0.39 is 82.6 Å². The molecule has 0 saturated carbocycles. The van der Waals surface area contributed by atoms with Gasteiger partial charge in [0, 0.05) is 0 Å². The number of carbonyl (C=O) groups excluding carboxylic acids is 2. The Morgan fingerprint density at radius 2 is 1.12 bits per heavy atom. The fraction of sp³-hybridized carbons (Fsp3) is 0.111. The minimum absolute atomic E-state index is 0.356. The molecule has 0 N–H and O–H groups in total. The Labute approximate surface area is 204 Å². The van der Waals surface area contributed by atoms with Crippen LogP contribution in [0.2, 0.25) is 20.1 Å². The fourth-order valence-corrected chi connectivity index (χ4v) is 4.05. The van der Waals surface area contributed by atoms with E-state index in [1.807, 2.05) is 0 Å². The van der Waals surface area contributed by atoms with Gasteiger partial charge in [-0.05, 0) is 29.2 Å². The van der Waals surface area contributed by atoms with Crippen LogP contribution >= 0.6 is 46.4 Å². The van der Waals surface area contributed by atoms with Crippen molar-refractivity contribution < 1.29 is 45.5 Å². The van der Waals surface area contributed by atoms with Gasteiger partial charge in [-0.25, -0.2) is 0 Å². The third-order valence-electron chi connectivity index (χ3n) is 4.24. The van der Waals surface area contributed by atoms with E-state index >= 15 is 0 Å². The Kier molecular flexibility index (Phi) is 6.83. The third-order valence-corrected chi connectivity index (χ3v) is 5.43. The standard InChI is InChI=1S/C18H4Cl4F6N2O4/c19-7-1-5(17(23,24)25)2-8(20)11(7)15(31)13-14(30(33)34-29-13)16(32)12-9(21)3-6(4-10(12)22)18(26,27)28/h1-4H. The number of ketones is 2. The summed E-state index contributed by atoms with van der Waals surface area (Å²) in [6.45, 7) is 0. The summed E-state index contributed by atoms with van der Waals surface area (Å²) < 4.78 is 81.8. The molecule has 0 fully saturated rings. The van der Waals surface area contributed by atoms with Crippen LogP contribution in [0, 0.1) is 5.21 Å². The molecule has 6 nitrogen and oxygen atoms in total. The van der Waals surface area contributed by atoms with Crippen molar-refractivity contribution in [3.05, 3.63) is 83.2 Å². The van der Waals surface area contributed by atoms with Gasteiger partial charge in [-0.3, -0.25) is 14.2 Å². The van der Waals surface area contributed by atoms with E-state index in [0.717, 1.165) is 0 Å². The maximum absolute atomic E-state index is 12.9. The topological polar surface area (TPSA) is 87.1 Å². The van der Waals surface area contributed by atoms with Gasteiger partial charge >= 0.3 is 12.4 Å². The molecule has 0 radical (unpaired) electrons. The highest BCUT2D eigenvalue weighted by Crippen LogP contribution is 2.38. The molecular formula is C18H4Cl4F6N2O4. The molecule has 0 spiro atoms. The predicted molar refractivity (Wildman–Crippen MR) is 105 cm³/mol. The second-order valence-electron chi connectivity index (χ2n) is 6.41. The largest absolute Gasteiger partial charge is 0.416 e. The number of hydrogen-bond donors (Lipinski definition) is 0. The maximum Gasteiger partial charge on any atom is 0.416 e. The number of alkyl halides is 6. The summed E-state index contributed by atoms with van der Waals surface area (Å²) in [7, 11) is 0.